The summed E-state index contributed by atoms with van der Waals surface area (Å²) in [4.78, 5) is 22.6. The molecule has 4 aromatic rings. The fourth-order valence-corrected chi connectivity index (χ4v) is 3.54. The van der Waals surface area contributed by atoms with Gasteiger partial charge in [-0.15, -0.1) is 0 Å². The Hall–Kier alpha value is -3.45. The van der Waals surface area contributed by atoms with Crippen LogP contribution >= 0.6 is 11.8 Å². The smallest absolute Gasteiger partial charge is 0.259 e. The van der Waals surface area contributed by atoms with Crippen molar-refractivity contribution in [1.29, 1.82) is 0 Å². The average Bonchev–Trinajstić information content (AvgIpc) is 3.16. The van der Waals surface area contributed by atoms with Crippen LogP contribution in [0.4, 0.5) is 5.82 Å². The van der Waals surface area contributed by atoms with Crippen LogP contribution in [-0.4, -0.2) is 25.7 Å². The van der Waals surface area contributed by atoms with Gasteiger partial charge in [-0.25, -0.2) is 9.67 Å². The topological polar surface area (TPSA) is 72.7 Å². The summed E-state index contributed by atoms with van der Waals surface area (Å²) >= 11 is 1.46. The SMILES string of the molecule is O=C(Nc1ccnn1Cc1ccccn1)c1cccnc1Sc1ccccc1. The van der Waals surface area contributed by atoms with Gasteiger partial charge in [0.15, 0.2) is 0 Å². The zero-order valence-electron chi connectivity index (χ0n) is 14.9. The summed E-state index contributed by atoms with van der Waals surface area (Å²) in [7, 11) is 0. The molecule has 0 saturated carbocycles. The summed E-state index contributed by atoms with van der Waals surface area (Å²) in [6.07, 6.45) is 5.08. The number of amides is 1. The van der Waals surface area contributed by atoms with Crippen LogP contribution in [0.3, 0.4) is 0 Å². The summed E-state index contributed by atoms with van der Waals surface area (Å²) < 4.78 is 1.71. The second-order valence-electron chi connectivity index (χ2n) is 5.92. The molecule has 0 aliphatic rings. The molecule has 0 saturated heterocycles. The molecule has 3 aromatic heterocycles. The molecule has 1 N–H and O–H groups in total. The fraction of sp³-hybridized carbons (Fsp3) is 0.0476. The number of benzene rings is 1. The number of nitrogens with one attached hydrogen (secondary N) is 1. The maximum absolute atomic E-state index is 12.9. The largest absolute Gasteiger partial charge is 0.307 e. The van der Waals surface area contributed by atoms with Gasteiger partial charge in [0.2, 0.25) is 0 Å². The molecule has 1 amide bonds. The van der Waals surface area contributed by atoms with E-state index in [0.717, 1.165) is 10.6 Å². The van der Waals surface area contributed by atoms with Crippen LogP contribution in [0.1, 0.15) is 16.1 Å². The van der Waals surface area contributed by atoms with Crippen molar-refractivity contribution in [3.05, 3.63) is 96.6 Å². The Morgan fingerprint density at radius 2 is 1.71 bits per heavy atom. The average molecular weight is 387 g/mol. The molecule has 0 atom stereocenters. The van der Waals surface area contributed by atoms with Crippen molar-refractivity contribution in [3.63, 3.8) is 0 Å². The van der Waals surface area contributed by atoms with E-state index in [9.17, 15) is 4.79 Å². The van der Waals surface area contributed by atoms with Gasteiger partial charge in [0, 0.05) is 23.4 Å². The number of carbonyl (C=O) groups excluding carboxylic acids is 1. The van der Waals surface area contributed by atoms with E-state index in [1.165, 1.54) is 11.8 Å². The Morgan fingerprint density at radius 1 is 0.893 bits per heavy atom. The van der Waals surface area contributed by atoms with Crippen molar-refractivity contribution >= 4 is 23.5 Å². The summed E-state index contributed by atoms with van der Waals surface area (Å²) in [5, 5.41) is 7.88. The van der Waals surface area contributed by atoms with Crippen molar-refractivity contribution in [3.8, 4) is 0 Å². The van der Waals surface area contributed by atoms with Gasteiger partial charge in [-0.2, -0.15) is 5.10 Å². The third-order valence-corrected chi connectivity index (χ3v) is 5.00. The highest BCUT2D eigenvalue weighted by molar-refractivity contribution is 7.99. The minimum Gasteiger partial charge on any atom is -0.307 e. The number of anilines is 1. The molecule has 0 aliphatic heterocycles. The van der Waals surface area contributed by atoms with Crippen molar-refractivity contribution in [2.24, 2.45) is 0 Å². The quantitative estimate of drug-likeness (QED) is 0.539. The second-order valence-corrected chi connectivity index (χ2v) is 6.98. The number of aromatic nitrogens is 4. The molecule has 0 spiro atoms. The first-order valence-corrected chi connectivity index (χ1v) is 9.52. The van der Waals surface area contributed by atoms with E-state index < -0.39 is 0 Å². The molecule has 6 nitrogen and oxygen atoms in total. The number of hydrogen-bond acceptors (Lipinski definition) is 5. The van der Waals surface area contributed by atoms with Gasteiger partial charge < -0.3 is 5.32 Å². The molecule has 1 aromatic carbocycles. The fourth-order valence-electron chi connectivity index (χ4n) is 2.64. The summed E-state index contributed by atoms with van der Waals surface area (Å²) in [6.45, 7) is 0.474. The monoisotopic (exact) mass is 387 g/mol. The molecule has 138 valence electrons. The summed E-state index contributed by atoms with van der Waals surface area (Å²) in [5.41, 5.74) is 1.38. The number of carbonyl (C=O) groups is 1. The normalized spacial score (nSPS) is 10.6. The molecule has 28 heavy (non-hydrogen) atoms. The van der Waals surface area contributed by atoms with Gasteiger partial charge in [0.25, 0.3) is 5.91 Å². The number of nitrogens with zero attached hydrogens (tertiary/aromatic N) is 4. The first-order valence-electron chi connectivity index (χ1n) is 8.70. The van der Waals surface area contributed by atoms with E-state index in [1.807, 2.05) is 48.5 Å². The summed E-state index contributed by atoms with van der Waals surface area (Å²) in [5.74, 6) is 0.379. The van der Waals surface area contributed by atoms with E-state index in [2.05, 4.69) is 20.4 Å². The molecular formula is C21H17N5OS. The molecule has 0 bridgehead atoms. The zero-order valence-corrected chi connectivity index (χ0v) is 15.7. The second kappa shape index (κ2) is 8.49. The molecule has 0 radical (unpaired) electrons. The van der Waals surface area contributed by atoms with E-state index in [-0.39, 0.29) is 5.91 Å². The van der Waals surface area contributed by atoms with Crippen LogP contribution in [0, 0.1) is 0 Å². The van der Waals surface area contributed by atoms with Crippen LogP contribution < -0.4 is 5.32 Å². The predicted molar refractivity (Wildman–Crippen MR) is 108 cm³/mol. The zero-order chi connectivity index (χ0) is 19.2. The molecule has 0 unspecified atom stereocenters. The number of rotatable bonds is 6. The Kier molecular flexibility index (Phi) is 5.44. The van der Waals surface area contributed by atoms with Gasteiger partial charge in [-0.05, 0) is 36.4 Å². The minimum atomic E-state index is -0.227. The van der Waals surface area contributed by atoms with Gasteiger partial charge in [-0.1, -0.05) is 36.0 Å². The highest BCUT2D eigenvalue weighted by Crippen LogP contribution is 2.28. The van der Waals surface area contributed by atoms with E-state index in [4.69, 9.17) is 0 Å². The predicted octanol–water partition coefficient (Wildman–Crippen LogP) is 4.12. The Labute approximate surface area is 166 Å². The van der Waals surface area contributed by atoms with Crippen LogP contribution in [0.15, 0.2) is 95.2 Å². The molecule has 0 aliphatic carbocycles. The minimum absolute atomic E-state index is 0.227. The van der Waals surface area contributed by atoms with Crippen molar-refractivity contribution in [1.82, 2.24) is 19.7 Å². The lowest BCUT2D eigenvalue weighted by Gasteiger charge is -2.11. The van der Waals surface area contributed by atoms with Crippen LogP contribution in [0.25, 0.3) is 0 Å². The summed E-state index contributed by atoms with van der Waals surface area (Å²) in [6, 6.07) is 20.9. The molecular weight excluding hydrogens is 370 g/mol. The first-order chi connectivity index (χ1) is 13.8. The lowest BCUT2D eigenvalue weighted by molar-refractivity contribution is 0.102. The lowest BCUT2D eigenvalue weighted by atomic mass is 10.2. The van der Waals surface area contributed by atoms with Crippen LogP contribution in [0.2, 0.25) is 0 Å². The Bertz CT molecular complexity index is 1070. The standard InChI is InChI=1S/C21H17N5OS/c27-20(18-10-6-13-23-21(18)28-17-8-2-1-3-9-17)25-19-11-14-24-26(19)15-16-7-4-5-12-22-16/h1-14H,15H2,(H,25,27). The molecule has 4 rings (SSSR count). The highest BCUT2D eigenvalue weighted by atomic mass is 32.2. The Morgan fingerprint density at radius 3 is 2.54 bits per heavy atom. The molecule has 3 heterocycles. The highest BCUT2D eigenvalue weighted by Gasteiger charge is 2.15. The molecule has 0 fully saturated rings. The van der Waals surface area contributed by atoms with Gasteiger partial charge >= 0.3 is 0 Å². The third kappa shape index (κ3) is 4.27. The maximum Gasteiger partial charge on any atom is 0.259 e. The van der Waals surface area contributed by atoms with E-state index in [0.29, 0.717) is 23.0 Å². The Balaban J connectivity index is 1.53. The van der Waals surface area contributed by atoms with Gasteiger partial charge in [0.05, 0.1) is 24.0 Å². The third-order valence-electron chi connectivity index (χ3n) is 3.97. The molecule has 7 heteroatoms. The maximum atomic E-state index is 12.9. The van der Waals surface area contributed by atoms with Crippen LogP contribution in [0.5, 0.6) is 0 Å². The first kappa shape index (κ1) is 17.9. The number of pyridine rings is 2. The van der Waals surface area contributed by atoms with Gasteiger partial charge in [0.1, 0.15) is 10.8 Å². The number of hydrogen-bond donors (Lipinski definition) is 1. The van der Waals surface area contributed by atoms with Crippen molar-refractivity contribution in [2.75, 3.05) is 5.32 Å². The van der Waals surface area contributed by atoms with E-state index >= 15 is 0 Å². The van der Waals surface area contributed by atoms with Crippen molar-refractivity contribution < 1.29 is 4.79 Å². The van der Waals surface area contributed by atoms with Gasteiger partial charge in [-0.3, -0.25) is 9.78 Å². The van der Waals surface area contributed by atoms with E-state index in [1.54, 1.807) is 41.5 Å². The van der Waals surface area contributed by atoms with Crippen LogP contribution in [-0.2, 0) is 6.54 Å². The lowest BCUT2D eigenvalue weighted by Crippen LogP contribution is -2.17. The van der Waals surface area contributed by atoms with Crippen molar-refractivity contribution in [2.45, 2.75) is 16.5 Å².